The van der Waals surface area contributed by atoms with Gasteiger partial charge in [0.05, 0.1) is 4.90 Å². The normalized spacial score (nSPS) is 20.3. The molecule has 8 heteroatoms. The minimum Gasteiger partial charge on any atom is -0.355 e. The summed E-state index contributed by atoms with van der Waals surface area (Å²) in [5.74, 6) is -2.41. The van der Waals surface area contributed by atoms with Gasteiger partial charge in [-0.2, -0.15) is 4.72 Å². The number of sulfonamides is 1. The highest BCUT2D eigenvalue weighted by molar-refractivity contribution is 7.89. The molecule has 0 bridgehead atoms. The molecular weight excluding hydrogens is 290 g/mol. The first-order valence-electron chi connectivity index (χ1n) is 6.14. The molecule has 0 saturated carbocycles. The SMILES string of the molecule is O=C1NCCCC[C@@H]1NS(=O)(=O)c1cc(F)cc(F)c1. The summed E-state index contributed by atoms with van der Waals surface area (Å²) in [5.41, 5.74) is 0. The molecule has 2 N–H and O–H groups in total. The number of benzene rings is 1. The van der Waals surface area contributed by atoms with Crippen LogP contribution in [0.4, 0.5) is 8.78 Å². The van der Waals surface area contributed by atoms with Gasteiger partial charge in [0.2, 0.25) is 15.9 Å². The summed E-state index contributed by atoms with van der Waals surface area (Å²) < 4.78 is 52.4. The molecule has 1 aliphatic heterocycles. The highest BCUT2D eigenvalue weighted by Gasteiger charge is 2.27. The van der Waals surface area contributed by atoms with Gasteiger partial charge in [-0.25, -0.2) is 17.2 Å². The van der Waals surface area contributed by atoms with Gasteiger partial charge in [0.1, 0.15) is 17.7 Å². The van der Waals surface area contributed by atoms with Gasteiger partial charge in [-0.1, -0.05) is 0 Å². The Kier molecular flexibility index (Phi) is 4.34. The number of amides is 1. The molecule has 110 valence electrons. The maximum atomic E-state index is 13.1. The molecule has 1 fully saturated rings. The van der Waals surface area contributed by atoms with Crippen LogP contribution in [-0.4, -0.2) is 26.9 Å². The first-order valence-corrected chi connectivity index (χ1v) is 7.63. The zero-order valence-electron chi connectivity index (χ0n) is 10.5. The lowest BCUT2D eigenvalue weighted by atomic mass is 10.1. The second-order valence-corrected chi connectivity index (χ2v) is 6.28. The van der Waals surface area contributed by atoms with Crippen molar-refractivity contribution in [3.8, 4) is 0 Å². The second-order valence-electron chi connectivity index (χ2n) is 4.57. The van der Waals surface area contributed by atoms with E-state index in [0.29, 0.717) is 37.6 Å². The number of carbonyl (C=O) groups is 1. The van der Waals surface area contributed by atoms with E-state index in [0.717, 1.165) is 6.42 Å². The molecular formula is C12H14F2N2O3S. The van der Waals surface area contributed by atoms with Crippen molar-refractivity contribution in [2.24, 2.45) is 0 Å². The molecule has 1 atom stereocenters. The molecule has 1 aromatic carbocycles. The van der Waals surface area contributed by atoms with Crippen molar-refractivity contribution in [3.05, 3.63) is 29.8 Å². The average Bonchev–Trinajstić information content (AvgIpc) is 2.53. The largest absolute Gasteiger partial charge is 0.355 e. The highest BCUT2D eigenvalue weighted by Crippen LogP contribution is 2.15. The van der Waals surface area contributed by atoms with Crippen molar-refractivity contribution in [1.82, 2.24) is 10.0 Å². The molecule has 0 aromatic heterocycles. The summed E-state index contributed by atoms with van der Waals surface area (Å²) >= 11 is 0. The fraction of sp³-hybridized carbons (Fsp3) is 0.417. The van der Waals surface area contributed by atoms with E-state index in [2.05, 4.69) is 10.0 Å². The monoisotopic (exact) mass is 304 g/mol. The lowest BCUT2D eigenvalue weighted by molar-refractivity contribution is -0.122. The number of rotatable bonds is 3. The molecule has 20 heavy (non-hydrogen) atoms. The van der Waals surface area contributed by atoms with Crippen molar-refractivity contribution in [1.29, 1.82) is 0 Å². The van der Waals surface area contributed by atoms with Crippen molar-refractivity contribution in [2.75, 3.05) is 6.54 Å². The maximum absolute atomic E-state index is 13.1. The van der Waals surface area contributed by atoms with Crippen LogP contribution in [0.25, 0.3) is 0 Å². The van der Waals surface area contributed by atoms with Gasteiger partial charge in [0.25, 0.3) is 0 Å². The fourth-order valence-corrected chi connectivity index (χ4v) is 3.26. The Labute approximate surface area is 115 Å². The summed E-state index contributed by atoms with van der Waals surface area (Å²) in [5, 5.41) is 2.58. The van der Waals surface area contributed by atoms with Crippen molar-refractivity contribution >= 4 is 15.9 Å². The second kappa shape index (κ2) is 5.84. The maximum Gasteiger partial charge on any atom is 0.241 e. The molecule has 1 amide bonds. The highest BCUT2D eigenvalue weighted by atomic mass is 32.2. The first kappa shape index (κ1) is 14.9. The van der Waals surface area contributed by atoms with Crippen molar-refractivity contribution in [3.63, 3.8) is 0 Å². The van der Waals surface area contributed by atoms with E-state index in [-0.39, 0.29) is 0 Å². The van der Waals surface area contributed by atoms with Gasteiger partial charge in [-0.05, 0) is 31.4 Å². The standard InChI is InChI=1S/C12H14F2N2O3S/c13-8-5-9(14)7-10(6-8)20(18,19)16-11-3-1-2-4-15-12(11)17/h5-7,11,16H,1-4H2,(H,15,17)/t11-/m0/s1. The van der Waals surface area contributed by atoms with Crippen LogP contribution in [0.1, 0.15) is 19.3 Å². The van der Waals surface area contributed by atoms with Crippen molar-refractivity contribution in [2.45, 2.75) is 30.2 Å². The summed E-state index contributed by atoms with van der Waals surface area (Å²) in [4.78, 5) is 11.1. The zero-order chi connectivity index (χ0) is 14.8. The Balaban J connectivity index is 2.23. The molecule has 1 saturated heterocycles. The van der Waals surface area contributed by atoms with Crippen LogP contribution in [0.3, 0.4) is 0 Å². The van der Waals surface area contributed by atoms with Crippen LogP contribution >= 0.6 is 0 Å². The molecule has 5 nitrogen and oxygen atoms in total. The fourth-order valence-electron chi connectivity index (χ4n) is 1.99. The minimum absolute atomic E-state index is 0.350. The molecule has 0 unspecified atom stereocenters. The van der Waals surface area contributed by atoms with Gasteiger partial charge in [0.15, 0.2) is 0 Å². The molecule has 0 radical (unpaired) electrons. The Bertz CT molecular complexity index is 599. The summed E-state index contributed by atoms with van der Waals surface area (Å²) in [6, 6.07) is 1.08. The van der Waals surface area contributed by atoms with Crippen LogP contribution in [0.5, 0.6) is 0 Å². The minimum atomic E-state index is -4.14. The van der Waals surface area contributed by atoms with Crippen LogP contribution in [0, 0.1) is 11.6 Å². The Hall–Kier alpha value is -1.54. The van der Waals surface area contributed by atoms with E-state index in [1.165, 1.54) is 0 Å². The van der Waals surface area contributed by atoms with Gasteiger partial charge in [-0.3, -0.25) is 4.79 Å². The van der Waals surface area contributed by atoms with Gasteiger partial charge < -0.3 is 5.32 Å². The van der Waals surface area contributed by atoms with Crippen LogP contribution < -0.4 is 10.0 Å². The third-order valence-electron chi connectivity index (χ3n) is 2.98. The summed E-state index contributed by atoms with van der Waals surface area (Å²) in [7, 11) is -4.14. The number of nitrogens with one attached hydrogen (secondary N) is 2. The van der Waals surface area contributed by atoms with Crippen molar-refractivity contribution < 1.29 is 22.0 Å². The summed E-state index contributed by atoms with van der Waals surface area (Å²) in [6.45, 7) is 0.492. The topological polar surface area (TPSA) is 75.3 Å². The quantitative estimate of drug-likeness (QED) is 0.871. The van der Waals surface area contributed by atoms with E-state index in [1.54, 1.807) is 0 Å². The van der Waals surface area contributed by atoms with E-state index < -0.39 is 38.5 Å². The Morgan fingerprint density at radius 1 is 1.15 bits per heavy atom. The van der Waals surface area contributed by atoms with Crippen LogP contribution in [0.2, 0.25) is 0 Å². The third-order valence-corrected chi connectivity index (χ3v) is 4.43. The first-order chi connectivity index (χ1) is 9.38. The van der Waals surface area contributed by atoms with E-state index in [9.17, 15) is 22.0 Å². The molecule has 0 spiro atoms. The van der Waals surface area contributed by atoms with E-state index in [1.807, 2.05) is 0 Å². The predicted molar refractivity (Wildman–Crippen MR) is 67.3 cm³/mol. The van der Waals surface area contributed by atoms with Crippen LogP contribution in [-0.2, 0) is 14.8 Å². The lowest BCUT2D eigenvalue weighted by Crippen LogP contribution is -2.45. The zero-order valence-corrected chi connectivity index (χ0v) is 11.3. The van der Waals surface area contributed by atoms with Crippen LogP contribution in [0.15, 0.2) is 23.1 Å². The Morgan fingerprint density at radius 2 is 1.80 bits per heavy atom. The molecule has 2 rings (SSSR count). The summed E-state index contributed by atoms with van der Waals surface area (Å²) in [6.07, 6.45) is 1.80. The molecule has 1 aliphatic rings. The number of hydrogen-bond acceptors (Lipinski definition) is 3. The molecule has 1 aromatic rings. The van der Waals surface area contributed by atoms with Gasteiger partial charge >= 0.3 is 0 Å². The van der Waals surface area contributed by atoms with E-state index in [4.69, 9.17) is 0 Å². The van der Waals surface area contributed by atoms with E-state index >= 15 is 0 Å². The van der Waals surface area contributed by atoms with Gasteiger partial charge in [0, 0.05) is 12.6 Å². The predicted octanol–water partition coefficient (Wildman–Crippen LogP) is 0.912. The average molecular weight is 304 g/mol. The number of hydrogen-bond donors (Lipinski definition) is 2. The molecule has 1 heterocycles. The number of halogens is 2. The number of carbonyl (C=O) groups excluding carboxylic acids is 1. The smallest absolute Gasteiger partial charge is 0.241 e. The third kappa shape index (κ3) is 3.51. The van der Waals surface area contributed by atoms with Gasteiger partial charge in [-0.15, -0.1) is 0 Å². The lowest BCUT2D eigenvalue weighted by Gasteiger charge is -2.15. The Morgan fingerprint density at radius 3 is 2.45 bits per heavy atom. The molecule has 0 aliphatic carbocycles.